The fourth-order valence-electron chi connectivity index (χ4n) is 2.09. The minimum Gasteiger partial charge on any atom is -0.493 e. The third kappa shape index (κ3) is 4.22. The monoisotopic (exact) mass is 303 g/mol. The molecule has 0 aliphatic heterocycles. The summed E-state index contributed by atoms with van der Waals surface area (Å²) in [5.41, 5.74) is 1.54. The van der Waals surface area contributed by atoms with Crippen molar-refractivity contribution < 1.29 is 18.7 Å². The van der Waals surface area contributed by atoms with E-state index < -0.39 is 0 Å². The number of rotatable bonds is 6. The van der Waals surface area contributed by atoms with Crippen LogP contribution in [0.15, 0.2) is 42.5 Å². The molecule has 0 aliphatic carbocycles. The second-order valence-electron chi connectivity index (χ2n) is 4.77. The average molecular weight is 303 g/mol. The Balaban J connectivity index is 1.94. The van der Waals surface area contributed by atoms with E-state index in [9.17, 15) is 9.18 Å². The molecule has 0 atom stereocenters. The van der Waals surface area contributed by atoms with Crippen molar-refractivity contribution >= 4 is 5.91 Å². The zero-order valence-electron chi connectivity index (χ0n) is 12.6. The number of hydrogen-bond donors (Lipinski definition) is 1. The Hall–Kier alpha value is -2.56. The molecule has 22 heavy (non-hydrogen) atoms. The number of carbonyl (C=O) groups is 1. The van der Waals surface area contributed by atoms with E-state index in [0.29, 0.717) is 18.0 Å². The van der Waals surface area contributed by atoms with Crippen LogP contribution in [0.1, 0.15) is 11.1 Å². The van der Waals surface area contributed by atoms with Gasteiger partial charge < -0.3 is 14.8 Å². The largest absolute Gasteiger partial charge is 0.493 e. The zero-order chi connectivity index (χ0) is 15.9. The van der Waals surface area contributed by atoms with Crippen molar-refractivity contribution in [2.45, 2.75) is 13.0 Å². The van der Waals surface area contributed by atoms with Crippen LogP contribution >= 0.6 is 0 Å². The smallest absolute Gasteiger partial charge is 0.224 e. The Bertz CT molecular complexity index is 658. The molecule has 2 rings (SSSR count). The summed E-state index contributed by atoms with van der Waals surface area (Å²) >= 11 is 0. The molecular formula is C17H18FNO3. The van der Waals surface area contributed by atoms with Crippen LogP contribution in [-0.2, 0) is 17.8 Å². The van der Waals surface area contributed by atoms with Gasteiger partial charge in [0.25, 0.3) is 0 Å². The lowest BCUT2D eigenvalue weighted by molar-refractivity contribution is -0.120. The van der Waals surface area contributed by atoms with Crippen LogP contribution in [0.25, 0.3) is 0 Å². The zero-order valence-corrected chi connectivity index (χ0v) is 12.6. The van der Waals surface area contributed by atoms with Crippen molar-refractivity contribution in [3.63, 3.8) is 0 Å². The van der Waals surface area contributed by atoms with Gasteiger partial charge in [-0.05, 0) is 35.4 Å². The highest BCUT2D eigenvalue weighted by molar-refractivity contribution is 5.78. The molecule has 0 saturated heterocycles. The average Bonchev–Trinajstić information content (AvgIpc) is 2.53. The van der Waals surface area contributed by atoms with Crippen molar-refractivity contribution in [2.75, 3.05) is 14.2 Å². The molecule has 0 unspecified atom stereocenters. The third-order valence-corrected chi connectivity index (χ3v) is 3.19. The molecule has 4 nitrogen and oxygen atoms in total. The van der Waals surface area contributed by atoms with E-state index in [1.807, 2.05) is 6.07 Å². The standard InChI is InChI=1S/C17H18FNO3/c1-21-15-7-6-12(9-16(15)22-2)10-17(20)19-11-13-4-3-5-14(18)8-13/h3-9H,10-11H2,1-2H3,(H,19,20). The first kappa shape index (κ1) is 15.8. The highest BCUT2D eigenvalue weighted by atomic mass is 19.1. The van der Waals surface area contributed by atoms with Crippen LogP contribution < -0.4 is 14.8 Å². The van der Waals surface area contributed by atoms with Crippen LogP contribution in [0, 0.1) is 5.82 Å². The quantitative estimate of drug-likeness (QED) is 0.892. The molecule has 0 spiro atoms. The Labute approximate surface area is 128 Å². The maximum Gasteiger partial charge on any atom is 0.224 e. The number of halogens is 1. The summed E-state index contributed by atoms with van der Waals surface area (Å²) in [7, 11) is 3.11. The molecule has 0 aromatic heterocycles. The summed E-state index contributed by atoms with van der Waals surface area (Å²) in [4.78, 5) is 11.9. The topological polar surface area (TPSA) is 47.6 Å². The number of ether oxygens (including phenoxy) is 2. The second kappa shape index (κ2) is 7.45. The molecular weight excluding hydrogens is 285 g/mol. The van der Waals surface area contributed by atoms with Gasteiger partial charge in [-0.15, -0.1) is 0 Å². The molecule has 0 saturated carbocycles. The molecule has 116 valence electrons. The minimum atomic E-state index is -0.313. The Morgan fingerprint density at radius 3 is 2.50 bits per heavy atom. The number of benzene rings is 2. The summed E-state index contributed by atoms with van der Waals surface area (Å²) in [5.74, 6) is 0.743. The van der Waals surface area contributed by atoms with Gasteiger partial charge in [-0.3, -0.25) is 4.79 Å². The van der Waals surface area contributed by atoms with Gasteiger partial charge in [0.15, 0.2) is 11.5 Å². The van der Waals surface area contributed by atoms with Gasteiger partial charge in [-0.25, -0.2) is 4.39 Å². The Morgan fingerprint density at radius 1 is 1.05 bits per heavy atom. The van der Waals surface area contributed by atoms with Gasteiger partial charge in [0, 0.05) is 6.54 Å². The number of carbonyl (C=O) groups excluding carboxylic acids is 1. The number of methoxy groups -OCH3 is 2. The van der Waals surface area contributed by atoms with Crippen molar-refractivity contribution in [3.05, 3.63) is 59.4 Å². The summed E-state index contributed by atoms with van der Waals surface area (Å²) in [6.45, 7) is 0.296. The predicted molar refractivity (Wildman–Crippen MR) is 81.5 cm³/mol. The minimum absolute atomic E-state index is 0.142. The van der Waals surface area contributed by atoms with Crippen LogP contribution in [0.4, 0.5) is 4.39 Å². The molecule has 0 fully saturated rings. The molecule has 2 aromatic rings. The third-order valence-electron chi connectivity index (χ3n) is 3.19. The molecule has 0 radical (unpaired) electrons. The summed E-state index contributed by atoms with van der Waals surface area (Å²) in [6, 6.07) is 11.5. The highest BCUT2D eigenvalue weighted by Gasteiger charge is 2.08. The highest BCUT2D eigenvalue weighted by Crippen LogP contribution is 2.27. The Morgan fingerprint density at radius 2 is 1.82 bits per heavy atom. The Kier molecular flexibility index (Phi) is 5.36. The van der Waals surface area contributed by atoms with Crippen molar-refractivity contribution in [2.24, 2.45) is 0 Å². The van der Waals surface area contributed by atoms with Crippen molar-refractivity contribution in [3.8, 4) is 11.5 Å². The van der Waals surface area contributed by atoms with Crippen LogP contribution in [0.3, 0.4) is 0 Å². The van der Waals surface area contributed by atoms with E-state index in [1.165, 1.54) is 12.1 Å². The maximum atomic E-state index is 13.1. The molecule has 2 aromatic carbocycles. The van der Waals surface area contributed by atoms with Gasteiger partial charge in [0.1, 0.15) is 5.82 Å². The first-order valence-corrected chi connectivity index (χ1v) is 6.84. The van der Waals surface area contributed by atoms with E-state index in [1.54, 1.807) is 38.5 Å². The first-order valence-electron chi connectivity index (χ1n) is 6.84. The summed E-state index contributed by atoms with van der Waals surface area (Å²) in [6.07, 6.45) is 0.218. The first-order chi connectivity index (χ1) is 10.6. The van der Waals surface area contributed by atoms with Crippen molar-refractivity contribution in [1.29, 1.82) is 0 Å². The summed E-state index contributed by atoms with van der Waals surface area (Å²) < 4.78 is 23.4. The summed E-state index contributed by atoms with van der Waals surface area (Å²) in [5, 5.41) is 2.76. The molecule has 0 bridgehead atoms. The van der Waals surface area contributed by atoms with E-state index >= 15 is 0 Å². The van der Waals surface area contributed by atoms with E-state index in [0.717, 1.165) is 11.1 Å². The molecule has 0 aliphatic rings. The number of amides is 1. The van der Waals surface area contributed by atoms with Crippen LogP contribution in [-0.4, -0.2) is 20.1 Å². The number of hydrogen-bond acceptors (Lipinski definition) is 3. The maximum absolute atomic E-state index is 13.1. The van der Waals surface area contributed by atoms with Crippen molar-refractivity contribution in [1.82, 2.24) is 5.32 Å². The molecule has 1 amide bonds. The molecule has 0 heterocycles. The lowest BCUT2D eigenvalue weighted by Crippen LogP contribution is -2.24. The fraction of sp³-hybridized carbons (Fsp3) is 0.235. The van der Waals surface area contributed by atoms with E-state index in [-0.39, 0.29) is 18.1 Å². The second-order valence-corrected chi connectivity index (χ2v) is 4.77. The lowest BCUT2D eigenvalue weighted by atomic mass is 10.1. The predicted octanol–water partition coefficient (Wildman–Crippen LogP) is 2.70. The van der Waals surface area contributed by atoms with Gasteiger partial charge >= 0.3 is 0 Å². The van der Waals surface area contributed by atoms with E-state index in [4.69, 9.17) is 9.47 Å². The van der Waals surface area contributed by atoms with E-state index in [2.05, 4.69) is 5.32 Å². The van der Waals surface area contributed by atoms with Crippen LogP contribution in [0.2, 0.25) is 0 Å². The van der Waals surface area contributed by atoms with Gasteiger partial charge in [-0.1, -0.05) is 18.2 Å². The lowest BCUT2D eigenvalue weighted by Gasteiger charge is -2.10. The van der Waals surface area contributed by atoms with Gasteiger partial charge in [0.2, 0.25) is 5.91 Å². The SMILES string of the molecule is COc1ccc(CC(=O)NCc2cccc(F)c2)cc1OC. The molecule has 1 N–H and O–H groups in total. The van der Waals surface area contributed by atoms with Crippen LogP contribution in [0.5, 0.6) is 11.5 Å². The molecule has 5 heteroatoms. The van der Waals surface area contributed by atoms with Gasteiger partial charge in [-0.2, -0.15) is 0 Å². The number of nitrogens with one attached hydrogen (secondary N) is 1. The fourth-order valence-corrected chi connectivity index (χ4v) is 2.09. The normalized spacial score (nSPS) is 10.1. The van der Waals surface area contributed by atoms with Gasteiger partial charge in [0.05, 0.1) is 20.6 Å².